The van der Waals surface area contributed by atoms with Crippen LogP contribution in [-0.2, 0) is 16.6 Å². The number of amides is 1. The average molecular weight is 439 g/mol. The molecule has 0 spiro atoms. The number of nitrogens with one attached hydrogen (secondary N) is 1. The van der Waals surface area contributed by atoms with Gasteiger partial charge in [-0.05, 0) is 49.2 Å². The highest BCUT2D eigenvalue weighted by molar-refractivity contribution is 7.89. The Morgan fingerprint density at radius 3 is 2.35 bits per heavy atom. The number of nitrogens with zero attached hydrogens (tertiary/aromatic N) is 1. The Kier molecular flexibility index (Phi) is 6.77. The number of anilines is 1. The van der Waals surface area contributed by atoms with Crippen LogP contribution in [0.1, 0.15) is 27.0 Å². The van der Waals surface area contributed by atoms with Gasteiger partial charge in [-0.3, -0.25) is 4.79 Å². The third kappa shape index (κ3) is 5.13. The van der Waals surface area contributed by atoms with Crippen LogP contribution in [0.3, 0.4) is 0 Å². The van der Waals surface area contributed by atoms with E-state index < -0.39 is 15.9 Å². The van der Waals surface area contributed by atoms with Gasteiger partial charge >= 0.3 is 0 Å². The van der Waals surface area contributed by atoms with E-state index in [2.05, 4.69) is 5.32 Å². The number of carbonyl (C=O) groups excluding carboxylic acids is 1. The molecule has 0 aromatic heterocycles. The van der Waals surface area contributed by atoms with Crippen molar-refractivity contribution in [1.29, 1.82) is 0 Å². The lowest BCUT2D eigenvalue weighted by Gasteiger charge is -2.19. The van der Waals surface area contributed by atoms with Crippen molar-refractivity contribution in [1.82, 2.24) is 4.31 Å². The van der Waals surface area contributed by atoms with Gasteiger partial charge in [-0.25, -0.2) is 8.42 Å². The minimum Gasteiger partial charge on any atom is -0.495 e. The van der Waals surface area contributed by atoms with E-state index in [1.165, 1.54) is 30.6 Å². The number of rotatable bonds is 7. The number of hydrogen-bond acceptors (Lipinski definition) is 4. The molecule has 0 atom stereocenters. The summed E-state index contributed by atoms with van der Waals surface area (Å²) in [5.74, 6) is -0.209. The van der Waals surface area contributed by atoms with Gasteiger partial charge in [0.05, 0.1) is 7.11 Å². The van der Waals surface area contributed by atoms with Crippen molar-refractivity contribution in [2.45, 2.75) is 25.3 Å². The largest absolute Gasteiger partial charge is 0.495 e. The number of sulfonamides is 1. The monoisotopic (exact) mass is 438 g/mol. The standard InChI is InChI=1S/C24H26N2O4S/c1-17-10-12-21(18(2)14-17)25-24(27)20-11-13-22(30-4)23(15-20)31(28,29)26(3)16-19-8-6-5-7-9-19/h5-15H,16H2,1-4H3,(H,25,27). The Hall–Kier alpha value is -3.16. The highest BCUT2D eigenvalue weighted by atomic mass is 32.2. The molecule has 0 aliphatic heterocycles. The molecule has 3 rings (SSSR count). The van der Waals surface area contributed by atoms with Gasteiger partial charge in [0, 0.05) is 24.8 Å². The second kappa shape index (κ2) is 9.32. The minimum absolute atomic E-state index is 0.0540. The zero-order chi connectivity index (χ0) is 22.6. The Labute approximate surface area is 183 Å². The molecule has 6 nitrogen and oxygen atoms in total. The Morgan fingerprint density at radius 2 is 1.71 bits per heavy atom. The van der Waals surface area contributed by atoms with Crippen molar-refractivity contribution < 1.29 is 17.9 Å². The summed E-state index contributed by atoms with van der Waals surface area (Å²) in [5, 5.41) is 2.85. The van der Waals surface area contributed by atoms with Crippen LogP contribution in [0.5, 0.6) is 5.75 Å². The first-order valence-electron chi connectivity index (χ1n) is 9.79. The maximum Gasteiger partial charge on any atom is 0.255 e. The first-order valence-corrected chi connectivity index (χ1v) is 11.2. The van der Waals surface area contributed by atoms with Crippen LogP contribution in [0.2, 0.25) is 0 Å². The SMILES string of the molecule is COc1ccc(C(=O)Nc2ccc(C)cc2C)cc1S(=O)(=O)N(C)Cc1ccccc1. The summed E-state index contributed by atoms with van der Waals surface area (Å²) < 4.78 is 33.0. The van der Waals surface area contributed by atoms with Gasteiger partial charge in [0.25, 0.3) is 5.91 Å². The lowest BCUT2D eigenvalue weighted by molar-refractivity contribution is 0.102. The molecule has 0 aliphatic carbocycles. The number of benzene rings is 3. The van der Waals surface area contributed by atoms with Crippen molar-refractivity contribution >= 4 is 21.6 Å². The zero-order valence-electron chi connectivity index (χ0n) is 18.0. The van der Waals surface area contributed by atoms with Crippen LogP contribution < -0.4 is 10.1 Å². The number of hydrogen-bond donors (Lipinski definition) is 1. The molecule has 0 heterocycles. The van der Waals surface area contributed by atoms with Gasteiger partial charge in [-0.15, -0.1) is 0 Å². The molecule has 1 N–H and O–H groups in total. The van der Waals surface area contributed by atoms with E-state index in [1.807, 2.05) is 62.4 Å². The molecule has 0 saturated carbocycles. The Morgan fingerprint density at radius 1 is 1.00 bits per heavy atom. The number of methoxy groups -OCH3 is 1. The molecular weight excluding hydrogens is 412 g/mol. The molecule has 3 aromatic carbocycles. The van der Waals surface area contributed by atoms with Gasteiger partial charge in [-0.2, -0.15) is 4.31 Å². The fourth-order valence-corrected chi connectivity index (χ4v) is 4.60. The number of ether oxygens (including phenoxy) is 1. The molecule has 0 fully saturated rings. The molecule has 0 radical (unpaired) electrons. The summed E-state index contributed by atoms with van der Waals surface area (Å²) in [7, 11) is -0.986. The van der Waals surface area contributed by atoms with Gasteiger partial charge in [0.15, 0.2) is 0 Å². The molecule has 0 unspecified atom stereocenters. The quantitative estimate of drug-likeness (QED) is 0.594. The van der Waals surface area contributed by atoms with Crippen molar-refractivity contribution in [2.75, 3.05) is 19.5 Å². The van der Waals surface area contributed by atoms with Gasteiger partial charge < -0.3 is 10.1 Å². The topological polar surface area (TPSA) is 75.7 Å². The average Bonchev–Trinajstić information content (AvgIpc) is 2.75. The van der Waals surface area contributed by atoms with Gasteiger partial charge in [0.2, 0.25) is 10.0 Å². The predicted octanol–water partition coefficient (Wildman–Crippen LogP) is 4.39. The summed E-state index contributed by atoms with van der Waals surface area (Å²) in [5.41, 5.74) is 3.79. The first kappa shape index (κ1) is 22.5. The van der Waals surface area contributed by atoms with Crippen LogP contribution in [-0.4, -0.2) is 32.8 Å². The molecule has 0 saturated heterocycles. The van der Waals surface area contributed by atoms with E-state index in [1.54, 1.807) is 6.07 Å². The molecule has 162 valence electrons. The third-order valence-electron chi connectivity index (χ3n) is 4.99. The van der Waals surface area contributed by atoms with E-state index in [0.29, 0.717) is 5.69 Å². The lowest BCUT2D eigenvalue weighted by Crippen LogP contribution is -2.27. The second-order valence-electron chi connectivity index (χ2n) is 7.38. The summed E-state index contributed by atoms with van der Waals surface area (Å²) >= 11 is 0. The summed E-state index contributed by atoms with van der Waals surface area (Å²) in [6.45, 7) is 4.08. The van der Waals surface area contributed by atoms with E-state index in [0.717, 1.165) is 16.7 Å². The number of carbonyl (C=O) groups is 1. The molecule has 0 bridgehead atoms. The maximum atomic E-state index is 13.3. The lowest BCUT2D eigenvalue weighted by atomic mass is 10.1. The summed E-state index contributed by atoms with van der Waals surface area (Å²) in [6, 6.07) is 19.4. The third-order valence-corrected chi connectivity index (χ3v) is 6.82. The zero-order valence-corrected chi connectivity index (χ0v) is 18.9. The van der Waals surface area contributed by atoms with Crippen LogP contribution >= 0.6 is 0 Å². The van der Waals surface area contributed by atoms with Crippen LogP contribution in [0.25, 0.3) is 0 Å². The summed E-state index contributed by atoms with van der Waals surface area (Å²) in [4.78, 5) is 12.8. The molecule has 0 aliphatic rings. The van der Waals surface area contributed by atoms with Gasteiger partial charge in [0.1, 0.15) is 10.6 Å². The van der Waals surface area contributed by atoms with Crippen LogP contribution in [0.4, 0.5) is 5.69 Å². The molecule has 1 amide bonds. The van der Waals surface area contributed by atoms with E-state index in [-0.39, 0.29) is 22.8 Å². The van der Waals surface area contributed by atoms with Crippen molar-refractivity contribution in [3.8, 4) is 5.75 Å². The number of aryl methyl sites for hydroxylation is 2. The highest BCUT2D eigenvalue weighted by Gasteiger charge is 2.26. The van der Waals surface area contributed by atoms with E-state index in [9.17, 15) is 13.2 Å². The van der Waals surface area contributed by atoms with E-state index >= 15 is 0 Å². The predicted molar refractivity (Wildman–Crippen MR) is 122 cm³/mol. The van der Waals surface area contributed by atoms with Crippen LogP contribution in [0, 0.1) is 13.8 Å². The molecule has 31 heavy (non-hydrogen) atoms. The van der Waals surface area contributed by atoms with Crippen molar-refractivity contribution in [3.05, 3.63) is 89.0 Å². The second-order valence-corrected chi connectivity index (χ2v) is 9.40. The van der Waals surface area contributed by atoms with Gasteiger partial charge in [-0.1, -0.05) is 48.0 Å². The molecule has 3 aromatic rings. The fourth-order valence-electron chi connectivity index (χ4n) is 3.26. The Bertz CT molecular complexity index is 1190. The highest BCUT2D eigenvalue weighted by Crippen LogP contribution is 2.29. The van der Waals surface area contributed by atoms with Crippen molar-refractivity contribution in [3.63, 3.8) is 0 Å². The van der Waals surface area contributed by atoms with Crippen molar-refractivity contribution in [2.24, 2.45) is 0 Å². The van der Waals surface area contributed by atoms with Crippen LogP contribution in [0.15, 0.2) is 71.6 Å². The fraction of sp³-hybridized carbons (Fsp3) is 0.208. The normalized spacial score (nSPS) is 11.4. The minimum atomic E-state index is -3.89. The first-order chi connectivity index (χ1) is 14.7. The Balaban J connectivity index is 1.91. The smallest absolute Gasteiger partial charge is 0.255 e. The maximum absolute atomic E-state index is 13.3. The summed E-state index contributed by atoms with van der Waals surface area (Å²) in [6.07, 6.45) is 0. The molecule has 7 heteroatoms. The molecular formula is C24H26N2O4S. The van der Waals surface area contributed by atoms with E-state index in [4.69, 9.17) is 4.74 Å².